The van der Waals surface area contributed by atoms with Crippen LogP contribution in [0.5, 0.6) is 11.5 Å². The summed E-state index contributed by atoms with van der Waals surface area (Å²) in [6, 6.07) is 6.98. The van der Waals surface area contributed by atoms with Gasteiger partial charge in [-0.2, -0.15) is 0 Å². The van der Waals surface area contributed by atoms with Gasteiger partial charge in [0.15, 0.2) is 11.6 Å². The average molecular weight is 288 g/mol. The molecule has 0 aliphatic carbocycles. The van der Waals surface area contributed by atoms with Crippen LogP contribution >= 0.6 is 0 Å². The maximum absolute atomic E-state index is 10.7. The van der Waals surface area contributed by atoms with Gasteiger partial charge in [-0.1, -0.05) is 0 Å². The molecule has 0 unspecified atom stereocenters. The van der Waals surface area contributed by atoms with E-state index >= 15 is 0 Å². The number of aryl methyl sites for hydroxylation is 1. The van der Waals surface area contributed by atoms with Crippen LogP contribution < -0.4 is 4.74 Å². The van der Waals surface area contributed by atoms with Gasteiger partial charge in [0.05, 0.1) is 23.8 Å². The smallest absolute Gasteiger partial charge is 0.273 e. The number of pyridine rings is 1. The van der Waals surface area contributed by atoms with E-state index in [1.54, 1.807) is 6.92 Å². The molecule has 0 spiro atoms. The van der Waals surface area contributed by atoms with Gasteiger partial charge in [-0.05, 0) is 25.1 Å². The first kappa shape index (κ1) is 14.4. The summed E-state index contributed by atoms with van der Waals surface area (Å²) >= 11 is 0. The van der Waals surface area contributed by atoms with Gasteiger partial charge >= 0.3 is 0 Å². The molecule has 0 bridgehead atoms. The topological polar surface area (TPSA) is 110 Å². The molecule has 0 radical (unpaired) electrons. The molecule has 2 rings (SSSR count). The number of nitrogens with zero attached hydrogens (tertiary/aromatic N) is 4. The first-order chi connectivity index (χ1) is 10.0. The van der Waals surface area contributed by atoms with Crippen LogP contribution in [0.4, 0.5) is 17.2 Å². The summed E-state index contributed by atoms with van der Waals surface area (Å²) in [6.45, 7) is 1.64. The zero-order valence-corrected chi connectivity index (χ0v) is 11.3. The Morgan fingerprint density at radius 2 is 2.05 bits per heavy atom. The molecule has 0 fully saturated rings. The summed E-state index contributed by atoms with van der Waals surface area (Å²) < 4.78 is 5.05. The number of hydrogen-bond acceptors (Lipinski definition) is 7. The summed E-state index contributed by atoms with van der Waals surface area (Å²) in [6.07, 6.45) is 0. The van der Waals surface area contributed by atoms with Crippen LogP contribution in [0.2, 0.25) is 0 Å². The summed E-state index contributed by atoms with van der Waals surface area (Å²) in [5.74, 6) is 0.621. The highest BCUT2D eigenvalue weighted by Gasteiger charge is 2.11. The summed E-state index contributed by atoms with van der Waals surface area (Å²) in [4.78, 5) is 14.2. The Morgan fingerprint density at radius 1 is 1.29 bits per heavy atom. The quantitative estimate of drug-likeness (QED) is 0.526. The Bertz CT molecular complexity index is 715. The van der Waals surface area contributed by atoms with Gasteiger partial charge in [0.2, 0.25) is 0 Å². The normalized spacial score (nSPS) is 10.8. The molecule has 0 aliphatic heterocycles. The number of rotatable bonds is 4. The number of aromatic hydroxyl groups is 1. The lowest BCUT2D eigenvalue weighted by Crippen LogP contribution is -1.89. The molecule has 2 aromatic rings. The van der Waals surface area contributed by atoms with Gasteiger partial charge in [0.25, 0.3) is 5.69 Å². The SMILES string of the molecule is COc1cc([N+](=O)[O-])ccc1N=Nc1ccc(O)c(C)n1. The van der Waals surface area contributed by atoms with Crippen molar-refractivity contribution in [3.63, 3.8) is 0 Å². The molecule has 0 amide bonds. The molecule has 0 saturated heterocycles. The third kappa shape index (κ3) is 3.30. The number of ether oxygens (including phenoxy) is 1. The minimum atomic E-state index is -0.520. The van der Waals surface area contributed by atoms with E-state index in [0.717, 1.165) is 0 Å². The van der Waals surface area contributed by atoms with Crippen molar-refractivity contribution in [3.8, 4) is 11.5 Å². The fourth-order valence-electron chi connectivity index (χ4n) is 1.56. The fraction of sp³-hybridized carbons (Fsp3) is 0.154. The monoisotopic (exact) mass is 288 g/mol. The van der Waals surface area contributed by atoms with E-state index in [1.807, 2.05) is 0 Å². The Hall–Kier alpha value is -3.03. The van der Waals surface area contributed by atoms with Crippen molar-refractivity contribution < 1.29 is 14.8 Å². The van der Waals surface area contributed by atoms with Crippen molar-refractivity contribution in [2.24, 2.45) is 10.2 Å². The fourth-order valence-corrected chi connectivity index (χ4v) is 1.56. The number of aromatic nitrogens is 1. The zero-order valence-electron chi connectivity index (χ0n) is 11.3. The molecule has 108 valence electrons. The van der Waals surface area contributed by atoms with Crippen molar-refractivity contribution in [3.05, 3.63) is 46.1 Å². The maximum atomic E-state index is 10.7. The van der Waals surface area contributed by atoms with E-state index in [4.69, 9.17) is 4.74 Å². The lowest BCUT2D eigenvalue weighted by molar-refractivity contribution is -0.384. The molecule has 1 N–H and O–H groups in total. The predicted octanol–water partition coefficient (Wildman–Crippen LogP) is 3.43. The van der Waals surface area contributed by atoms with E-state index in [0.29, 0.717) is 17.2 Å². The number of azo groups is 1. The van der Waals surface area contributed by atoms with E-state index in [1.165, 1.54) is 37.4 Å². The van der Waals surface area contributed by atoms with Gasteiger partial charge < -0.3 is 9.84 Å². The summed E-state index contributed by atoms with van der Waals surface area (Å²) in [7, 11) is 1.39. The lowest BCUT2D eigenvalue weighted by atomic mass is 10.2. The largest absolute Gasteiger partial charge is 0.506 e. The van der Waals surface area contributed by atoms with Gasteiger partial charge in [-0.15, -0.1) is 10.2 Å². The van der Waals surface area contributed by atoms with Crippen LogP contribution in [0.25, 0.3) is 0 Å². The minimum absolute atomic E-state index is 0.0712. The number of non-ortho nitro benzene ring substituents is 1. The number of methoxy groups -OCH3 is 1. The van der Waals surface area contributed by atoms with Gasteiger partial charge in [-0.25, -0.2) is 4.98 Å². The maximum Gasteiger partial charge on any atom is 0.273 e. The van der Waals surface area contributed by atoms with E-state index in [-0.39, 0.29) is 17.2 Å². The summed E-state index contributed by atoms with van der Waals surface area (Å²) in [5, 5.41) is 27.9. The van der Waals surface area contributed by atoms with Crippen LogP contribution in [0.15, 0.2) is 40.6 Å². The van der Waals surface area contributed by atoms with Crippen LogP contribution in [0.3, 0.4) is 0 Å². The molecule has 1 aromatic carbocycles. The third-order valence-electron chi connectivity index (χ3n) is 2.68. The molecular formula is C13H12N4O4. The Balaban J connectivity index is 2.31. The van der Waals surface area contributed by atoms with Gasteiger partial charge in [0.1, 0.15) is 11.4 Å². The first-order valence-electron chi connectivity index (χ1n) is 5.92. The molecule has 1 aromatic heterocycles. The Kier molecular flexibility index (Phi) is 4.07. The first-order valence-corrected chi connectivity index (χ1v) is 5.92. The lowest BCUT2D eigenvalue weighted by Gasteiger charge is -2.03. The Labute approximate surface area is 119 Å². The second kappa shape index (κ2) is 5.95. The Morgan fingerprint density at radius 3 is 2.67 bits per heavy atom. The van der Waals surface area contributed by atoms with Crippen LogP contribution in [-0.4, -0.2) is 22.1 Å². The highest BCUT2D eigenvalue weighted by Crippen LogP contribution is 2.32. The second-order valence-corrected chi connectivity index (χ2v) is 4.09. The number of benzene rings is 1. The zero-order chi connectivity index (χ0) is 15.4. The van der Waals surface area contributed by atoms with Crippen molar-refractivity contribution >= 4 is 17.2 Å². The molecule has 0 aliphatic rings. The molecule has 8 heteroatoms. The van der Waals surface area contributed by atoms with Crippen LogP contribution in [-0.2, 0) is 0 Å². The number of nitro groups is 1. The number of hydrogen-bond donors (Lipinski definition) is 1. The molecule has 0 atom stereocenters. The summed E-state index contributed by atoms with van der Waals surface area (Å²) in [5.41, 5.74) is 0.683. The third-order valence-corrected chi connectivity index (χ3v) is 2.68. The van der Waals surface area contributed by atoms with E-state index in [9.17, 15) is 15.2 Å². The standard InChI is InChI=1S/C13H12N4O4/c1-8-11(18)5-6-13(14-8)16-15-10-4-3-9(17(19)20)7-12(10)21-2/h3-7,18H,1-2H3. The predicted molar refractivity (Wildman–Crippen MR) is 74.5 cm³/mol. The van der Waals surface area contributed by atoms with Crippen molar-refractivity contribution in [2.75, 3.05) is 7.11 Å². The van der Waals surface area contributed by atoms with Crippen molar-refractivity contribution in [1.82, 2.24) is 4.98 Å². The van der Waals surface area contributed by atoms with E-state index in [2.05, 4.69) is 15.2 Å². The van der Waals surface area contributed by atoms with Gasteiger partial charge in [-0.3, -0.25) is 10.1 Å². The molecule has 1 heterocycles. The average Bonchev–Trinajstić information content (AvgIpc) is 2.48. The highest BCUT2D eigenvalue weighted by atomic mass is 16.6. The van der Waals surface area contributed by atoms with Crippen LogP contribution in [0, 0.1) is 17.0 Å². The molecular weight excluding hydrogens is 276 g/mol. The molecule has 21 heavy (non-hydrogen) atoms. The van der Waals surface area contributed by atoms with Crippen LogP contribution in [0.1, 0.15) is 5.69 Å². The molecule has 0 saturated carbocycles. The minimum Gasteiger partial charge on any atom is -0.506 e. The second-order valence-electron chi connectivity index (χ2n) is 4.09. The van der Waals surface area contributed by atoms with E-state index < -0.39 is 4.92 Å². The molecule has 8 nitrogen and oxygen atoms in total. The van der Waals surface area contributed by atoms with Crippen molar-refractivity contribution in [1.29, 1.82) is 0 Å². The highest BCUT2D eigenvalue weighted by molar-refractivity contribution is 5.56. The van der Waals surface area contributed by atoms with Gasteiger partial charge in [0, 0.05) is 6.07 Å². The number of nitro benzene ring substituents is 1. The van der Waals surface area contributed by atoms with Crippen molar-refractivity contribution in [2.45, 2.75) is 6.92 Å².